The summed E-state index contributed by atoms with van der Waals surface area (Å²) in [5.74, 6) is -2.83. The summed E-state index contributed by atoms with van der Waals surface area (Å²) < 4.78 is 61.9. The molecule has 180 valence electrons. The summed E-state index contributed by atoms with van der Waals surface area (Å²) in [6.07, 6.45) is 1.80. The maximum atomic E-state index is 14.8. The van der Waals surface area contributed by atoms with Crippen LogP contribution in [0.25, 0.3) is 0 Å². The molecule has 1 heterocycles. The first-order valence-corrected chi connectivity index (χ1v) is 12.7. The van der Waals surface area contributed by atoms with E-state index in [0.29, 0.717) is 38.8 Å². The van der Waals surface area contributed by atoms with Crippen molar-refractivity contribution in [1.29, 1.82) is 0 Å². The molecule has 32 heavy (non-hydrogen) atoms. The van der Waals surface area contributed by atoms with Gasteiger partial charge in [-0.3, -0.25) is 4.79 Å². The molecule has 1 aliphatic carbocycles. The van der Waals surface area contributed by atoms with Crippen molar-refractivity contribution in [2.75, 3.05) is 23.3 Å². The minimum Gasteiger partial charge on any atom is -0.372 e. The van der Waals surface area contributed by atoms with Gasteiger partial charge < -0.3 is 15.0 Å². The number of hydrogen-bond acceptors (Lipinski definition) is 5. The lowest BCUT2D eigenvalue weighted by Crippen LogP contribution is -2.46. The summed E-state index contributed by atoms with van der Waals surface area (Å²) in [5.41, 5.74) is -0.0336. The van der Waals surface area contributed by atoms with Crippen LogP contribution in [-0.2, 0) is 19.6 Å². The van der Waals surface area contributed by atoms with Crippen molar-refractivity contribution in [1.82, 2.24) is 4.72 Å². The molecule has 1 saturated heterocycles. The Bertz CT molecular complexity index is 923. The van der Waals surface area contributed by atoms with Gasteiger partial charge in [-0.05, 0) is 65.5 Å². The highest BCUT2D eigenvalue weighted by molar-refractivity contribution is 7.90. The number of anilines is 2. The Hall–Kier alpha value is -1.78. The summed E-state index contributed by atoms with van der Waals surface area (Å²) in [5, 5.41) is 1.99. The third kappa shape index (κ3) is 5.77. The number of carbonyl (C=O) groups excluding carboxylic acids is 1. The predicted octanol–water partition coefficient (Wildman–Crippen LogP) is 3.40. The van der Waals surface area contributed by atoms with Crippen LogP contribution in [0.15, 0.2) is 12.1 Å². The zero-order chi connectivity index (χ0) is 23.6. The Morgan fingerprint density at radius 2 is 1.66 bits per heavy atom. The summed E-state index contributed by atoms with van der Waals surface area (Å²) >= 11 is 0. The molecular weight excluding hydrogens is 440 g/mol. The highest BCUT2D eigenvalue weighted by Crippen LogP contribution is 2.31. The quantitative estimate of drug-likeness (QED) is 0.661. The molecule has 2 N–H and O–H groups in total. The Labute approximate surface area is 188 Å². The molecule has 2 unspecified atom stereocenters. The van der Waals surface area contributed by atoms with Gasteiger partial charge in [0.15, 0.2) is 11.6 Å². The molecule has 3 rings (SSSR count). The first kappa shape index (κ1) is 24.9. The Morgan fingerprint density at radius 1 is 1.06 bits per heavy atom. The van der Waals surface area contributed by atoms with E-state index in [4.69, 9.17) is 4.74 Å². The molecule has 0 radical (unpaired) electrons. The van der Waals surface area contributed by atoms with Gasteiger partial charge in [-0.1, -0.05) is 0 Å². The average molecular weight is 474 g/mol. The number of benzene rings is 1. The van der Waals surface area contributed by atoms with Crippen LogP contribution < -0.4 is 14.9 Å². The van der Waals surface area contributed by atoms with Gasteiger partial charge in [-0.2, -0.15) is 0 Å². The lowest BCUT2D eigenvalue weighted by atomic mass is 9.86. The largest absolute Gasteiger partial charge is 0.372 e. The molecule has 1 aromatic rings. The van der Waals surface area contributed by atoms with Crippen LogP contribution in [0.3, 0.4) is 0 Å². The van der Waals surface area contributed by atoms with Gasteiger partial charge in [-0.15, -0.1) is 0 Å². The first-order valence-electron chi connectivity index (χ1n) is 11.2. The van der Waals surface area contributed by atoms with E-state index in [1.54, 1.807) is 18.7 Å². The van der Waals surface area contributed by atoms with E-state index in [1.807, 2.05) is 13.8 Å². The van der Waals surface area contributed by atoms with Gasteiger partial charge in [0.1, 0.15) is 0 Å². The zero-order valence-electron chi connectivity index (χ0n) is 19.0. The van der Waals surface area contributed by atoms with Crippen molar-refractivity contribution in [3.63, 3.8) is 0 Å². The predicted molar refractivity (Wildman–Crippen MR) is 120 cm³/mol. The van der Waals surface area contributed by atoms with Gasteiger partial charge in [0.05, 0.1) is 28.8 Å². The normalized spacial score (nSPS) is 26.9. The Kier molecular flexibility index (Phi) is 7.77. The van der Waals surface area contributed by atoms with Crippen LogP contribution in [0.4, 0.5) is 20.2 Å². The van der Waals surface area contributed by atoms with E-state index in [1.165, 1.54) is 12.1 Å². The van der Waals surface area contributed by atoms with Crippen LogP contribution in [0.2, 0.25) is 0 Å². The number of ether oxygens (including phenoxy) is 1. The van der Waals surface area contributed by atoms with Crippen molar-refractivity contribution in [3.8, 4) is 0 Å². The number of morpholine rings is 1. The summed E-state index contributed by atoms with van der Waals surface area (Å²) in [4.78, 5) is 14.4. The average Bonchev–Trinajstić information content (AvgIpc) is 2.71. The lowest BCUT2D eigenvalue weighted by Gasteiger charge is -2.37. The molecule has 0 bridgehead atoms. The van der Waals surface area contributed by atoms with Crippen LogP contribution in [0.5, 0.6) is 0 Å². The van der Waals surface area contributed by atoms with Crippen molar-refractivity contribution >= 4 is 27.3 Å². The molecule has 10 heteroatoms. The monoisotopic (exact) mass is 473 g/mol. The van der Waals surface area contributed by atoms with Crippen LogP contribution in [0, 0.1) is 17.6 Å². The Balaban J connectivity index is 1.61. The van der Waals surface area contributed by atoms with Crippen molar-refractivity contribution < 1.29 is 26.7 Å². The van der Waals surface area contributed by atoms with Gasteiger partial charge >= 0.3 is 0 Å². The molecule has 1 aromatic carbocycles. The van der Waals surface area contributed by atoms with Gasteiger partial charge in [-0.25, -0.2) is 21.9 Å². The highest BCUT2D eigenvalue weighted by atomic mass is 32.2. The van der Waals surface area contributed by atoms with Gasteiger partial charge in [0.2, 0.25) is 15.9 Å². The van der Waals surface area contributed by atoms with Crippen LogP contribution in [-0.4, -0.2) is 50.9 Å². The van der Waals surface area contributed by atoms with Crippen molar-refractivity contribution in [2.45, 2.75) is 76.9 Å². The molecule has 7 nitrogen and oxygen atoms in total. The van der Waals surface area contributed by atoms with Crippen molar-refractivity contribution in [3.05, 3.63) is 23.8 Å². The second-order valence-corrected chi connectivity index (χ2v) is 11.4. The topological polar surface area (TPSA) is 87.7 Å². The molecular formula is C22H33F2N3O4S. The number of rotatable bonds is 6. The number of amides is 1. The van der Waals surface area contributed by atoms with Gasteiger partial charge in [0, 0.05) is 25.0 Å². The fraction of sp³-hybridized carbons (Fsp3) is 0.682. The lowest BCUT2D eigenvalue weighted by molar-refractivity contribution is -0.120. The van der Waals surface area contributed by atoms with E-state index in [9.17, 15) is 22.0 Å². The molecule has 2 atom stereocenters. The molecule has 2 fully saturated rings. The third-order valence-electron chi connectivity index (χ3n) is 6.13. The third-order valence-corrected chi connectivity index (χ3v) is 8.03. The number of carbonyl (C=O) groups is 1. The van der Waals surface area contributed by atoms with Gasteiger partial charge in [0.25, 0.3) is 0 Å². The molecule has 1 saturated carbocycles. The SMILES string of the molecule is CC1CN(c2ccc(NC(=O)C3CCC(NS(=O)(=O)C(C)C)CC3)c(F)c2F)CC(C)O1. The molecule has 0 spiro atoms. The fourth-order valence-electron chi connectivity index (χ4n) is 4.33. The minimum atomic E-state index is -3.37. The number of sulfonamides is 1. The summed E-state index contributed by atoms with van der Waals surface area (Å²) in [6.45, 7) is 7.90. The number of nitrogens with zero attached hydrogens (tertiary/aromatic N) is 1. The fourth-order valence-corrected chi connectivity index (χ4v) is 5.30. The molecule has 1 aliphatic heterocycles. The van der Waals surface area contributed by atoms with E-state index in [2.05, 4.69) is 10.0 Å². The minimum absolute atomic E-state index is 0.0965. The maximum absolute atomic E-state index is 14.8. The zero-order valence-corrected chi connectivity index (χ0v) is 19.8. The summed E-state index contributed by atoms with van der Waals surface area (Å²) in [7, 11) is -3.37. The Morgan fingerprint density at radius 3 is 2.22 bits per heavy atom. The number of hydrogen-bond donors (Lipinski definition) is 2. The van der Waals surface area contributed by atoms with E-state index in [-0.39, 0.29) is 41.4 Å². The highest BCUT2D eigenvalue weighted by Gasteiger charge is 2.31. The maximum Gasteiger partial charge on any atom is 0.227 e. The smallest absolute Gasteiger partial charge is 0.227 e. The van der Waals surface area contributed by atoms with Crippen LogP contribution in [0.1, 0.15) is 53.4 Å². The van der Waals surface area contributed by atoms with Crippen molar-refractivity contribution in [2.24, 2.45) is 5.92 Å². The number of halogens is 2. The molecule has 2 aliphatic rings. The number of nitrogens with one attached hydrogen (secondary N) is 2. The molecule has 1 amide bonds. The summed E-state index contributed by atoms with van der Waals surface area (Å²) in [6, 6.07) is 2.66. The second-order valence-electron chi connectivity index (χ2n) is 9.17. The van der Waals surface area contributed by atoms with E-state index >= 15 is 0 Å². The molecule has 0 aromatic heterocycles. The van der Waals surface area contributed by atoms with Crippen LogP contribution >= 0.6 is 0 Å². The van der Waals surface area contributed by atoms with E-state index < -0.39 is 26.9 Å². The van der Waals surface area contributed by atoms with E-state index in [0.717, 1.165) is 0 Å². The second kappa shape index (κ2) is 10.0. The standard InChI is InChI=1S/C22H33F2N3O4S/c1-13(2)32(29,30)26-17-7-5-16(6-8-17)22(28)25-18-9-10-19(21(24)20(18)23)27-11-14(3)31-15(4)12-27/h9-10,13-17,26H,5-8,11-12H2,1-4H3,(H,25,28). The first-order chi connectivity index (χ1) is 15.0.